The molecule has 0 radical (unpaired) electrons. The molecule has 17 heavy (non-hydrogen) atoms. The standard InChI is InChI=1S/C12H12BrNO3/c13-8-3-1-7(2-4-8)11-10-5-9(17-11)6-14(10)12(15)16/h1-4,9-11H,5-6H2,(H,15,16). The number of carbonyl (C=O) groups is 1. The van der Waals surface area contributed by atoms with Crippen molar-refractivity contribution in [1.29, 1.82) is 0 Å². The van der Waals surface area contributed by atoms with Crippen molar-refractivity contribution in [2.45, 2.75) is 24.7 Å². The number of hydrogen-bond acceptors (Lipinski definition) is 2. The number of benzene rings is 1. The van der Waals surface area contributed by atoms with Gasteiger partial charge in [-0.15, -0.1) is 0 Å². The van der Waals surface area contributed by atoms with Gasteiger partial charge >= 0.3 is 6.09 Å². The minimum Gasteiger partial charge on any atom is -0.465 e. The number of halogens is 1. The lowest BCUT2D eigenvalue weighted by Crippen LogP contribution is -2.42. The molecule has 2 aliphatic heterocycles. The van der Waals surface area contributed by atoms with Gasteiger partial charge in [-0.05, 0) is 24.1 Å². The van der Waals surface area contributed by atoms with Gasteiger partial charge in [0.25, 0.3) is 0 Å². The fourth-order valence-corrected chi connectivity index (χ4v) is 2.95. The number of hydrogen-bond donors (Lipinski definition) is 1. The summed E-state index contributed by atoms with van der Waals surface area (Å²) in [6.45, 7) is 0.507. The SMILES string of the molecule is O=C(O)N1CC2CC1C(c1ccc(Br)cc1)O2. The summed E-state index contributed by atoms with van der Waals surface area (Å²) in [5.41, 5.74) is 1.05. The van der Waals surface area contributed by atoms with Gasteiger partial charge in [0, 0.05) is 4.47 Å². The highest BCUT2D eigenvalue weighted by atomic mass is 79.9. The van der Waals surface area contributed by atoms with Crippen molar-refractivity contribution in [2.75, 3.05) is 6.54 Å². The minimum absolute atomic E-state index is 0.0290. The number of rotatable bonds is 1. The molecule has 0 spiro atoms. The predicted molar refractivity (Wildman–Crippen MR) is 64.9 cm³/mol. The lowest BCUT2D eigenvalue weighted by molar-refractivity contribution is -0.0287. The van der Waals surface area contributed by atoms with E-state index in [1.165, 1.54) is 4.90 Å². The zero-order valence-electron chi connectivity index (χ0n) is 9.04. The minimum atomic E-state index is -0.845. The van der Waals surface area contributed by atoms with Crippen LogP contribution in [0, 0.1) is 0 Å². The smallest absolute Gasteiger partial charge is 0.407 e. The molecule has 1 aromatic rings. The molecule has 2 saturated heterocycles. The highest BCUT2D eigenvalue weighted by molar-refractivity contribution is 9.10. The van der Waals surface area contributed by atoms with Crippen LogP contribution in [-0.4, -0.2) is 34.8 Å². The third-order valence-electron chi connectivity index (χ3n) is 3.44. The summed E-state index contributed by atoms with van der Waals surface area (Å²) in [4.78, 5) is 12.6. The molecule has 0 aliphatic carbocycles. The van der Waals surface area contributed by atoms with Crippen LogP contribution in [-0.2, 0) is 4.74 Å². The highest BCUT2D eigenvalue weighted by Gasteiger charge is 2.48. The number of likely N-dealkylation sites (tertiary alicyclic amines) is 1. The van der Waals surface area contributed by atoms with Crippen molar-refractivity contribution < 1.29 is 14.6 Å². The van der Waals surface area contributed by atoms with E-state index in [2.05, 4.69) is 15.9 Å². The van der Waals surface area contributed by atoms with Crippen molar-refractivity contribution in [3.63, 3.8) is 0 Å². The number of amides is 1. The third-order valence-corrected chi connectivity index (χ3v) is 3.97. The van der Waals surface area contributed by atoms with Gasteiger partial charge in [-0.25, -0.2) is 4.79 Å². The fourth-order valence-electron chi connectivity index (χ4n) is 2.68. The highest BCUT2D eigenvalue weighted by Crippen LogP contribution is 2.42. The van der Waals surface area contributed by atoms with E-state index in [1.54, 1.807) is 0 Å². The summed E-state index contributed by atoms with van der Waals surface area (Å²) < 4.78 is 6.86. The Hall–Kier alpha value is -1.07. The molecule has 4 nitrogen and oxygen atoms in total. The average Bonchev–Trinajstić information content (AvgIpc) is 2.89. The largest absolute Gasteiger partial charge is 0.465 e. The van der Waals surface area contributed by atoms with Gasteiger partial charge in [-0.1, -0.05) is 28.1 Å². The molecule has 0 aromatic heterocycles. The Morgan fingerprint density at radius 2 is 2.12 bits per heavy atom. The Morgan fingerprint density at radius 3 is 2.71 bits per heavy atom. The van der Waals surface area contributed by atoms with Gasteiger partial charge in [0.05, 0.1) is 18.7 Å². The molecule has 90 valence electrons. The second-order valence-electron chi connectivity index (χ2n) is 4.47. The molecule has 3 unspecified atom stereocenters. The number of nitrogens with zero attached hydrogens (tertiary/aromatic N) is 1. The summed E-state index contributed by atoms with van der Waals surface area (Å²) in [5.74, 6) is 0. The van der Waals surface area contributed by atoms with Gasteiger partial charge < -0.3 is 9.84 Å². The molecule has 2 heterocycles. The number of ether oxygens (including phenoxy) is 1. The first kappa shape index (κ1) is 11.0. The summed E-state index contributed by atoms with van der Waals surface area (Å²) in [7, 11) is 0. The third kappa shape index (κ3) is 1.83. The normalized spacial score (nSPS) is 30.9. The number of morpholine rings is 1. The Bertz CT molecular complexity index is 448. The summed E-state index contributed by atoms with van der Waals surface area (Å²) in [6.07, 6.45) is -0.0851. The molecular weight excluding hydrogens is 286 g/mol. The van der Waals surface area contributed by atoms with E-state index in [0.717, 1.165) is 16.5 Å². The molecule has 5 heteroatoms. The van der Waals surface area contributed by atoms with Crippen molar-refractivity contribution in [1.82, 2.24) is 4.90 Å². The van der Waals surface area contributed by atoms with Crippen LogP contribution in [0.5, 0.6) is 0 Å². The monoisotopic (exact) mass is 297 g/mol. The zero-order chi connectivity index (χ0) is 12.0. The molecule has 2 fully saturated rings. The number of carboxylic acid groups (broad SMARTS) is 1. The lowest BCUT2D eigenvalue weighted by atomic mass is 10.0. The van der Waals surface area contributed by atoms with E-state index in [4.69, 9.17) is 9.84 Å². The Balaban J connectivity index is 1.86. The molecule has 2 bridgehead atoms. The molecule has 3 atom stereocenters. The van der Waals surface area contributed by atoms with Crippen LogP contribution < -0.4 is 0 Å². The van der Waals surface area contributed by atoms with E-state index in [9.17, 15) is 4.79 Å². The molecular formula is C12H12BrNO3. The molecule has 1 amide bonds. The lowest BCUT2D eigenvalue weighted by Gasteiger charge is -2.31. The Labute approximate surface area is 107 Å². The molecule has 0 saturated carbocycles. The average molecular weight is 298 g/mol. The van der Waals surface area contributed by atoms with Crippen molar-refractivity contribution in [2.24, 2.45) is 0 Å². The Kier molecular flexibility index (Phi) is 2.60. The van der Waals surface area contributed by atoms with Gasteiger partial charge in [-0.3, -0.25) is 4.90 Å². The quantitative estimate of drug-likeness (QED) is 0.867. The fraction of sp³-hybridized carbons (Fsp3) is 0.417. The Morgan fingerprint density at radius 1 is 1.41 bits per heavy atom. The number of fused-ring (bicyclic) bond motifs is 2. The van der Waals surface area contributed by atoms with Crippen LogP contribution >= 0.6 is 15.9 Å². The van der Waals surface area contributed by atoms with Crippen LogP contribution in [0.15, 0.2) is 28.7 Å². The predicted octanol–water partition coefficient (Wildman–Crippen LogP) is 2.64. The molecule has 3 rings (SSSR count). The molecule has 1 aromatic carbocycles. The van der Waals surface area contributed by atoms with Gasteiger partial charge in [0.15, 0.2) is 0 Å². The first-order chi connectivity index (χ1) is 8.15. The van der Waals surface area contributed by atoms with Crippen LogP contribution in [0.3, 0.4) is 0 Å². The summed E-state index contributed by atoms with van der Waals surface area (Å²) in [5, 5.41) is 9.11. The van der Waals surface area contributed by atoms with Crippen molar-refractivity contribution in [3.05, 3.63) is 34.3 Å². The van der Waals surface area contributed by atoms with Gasteiger partial charge in [-0.2, -0.15) is 0 Å². The molecule has 2 aliphatic rings. The van der Waals surface area contributed by atoms with E-state index in [-0.39, 0.29) is 18.2 Å². The molecule has 1 N–H and O–H groups in total. The van der Waals surface area contributed by atoms with Gasteiger partial charge in [0.1, 0.15) is 6.10 Å². The summed E-state index contributed by atoms with van der Waals surface area (Å²) in [6, 6.07) is 7.84. The van der Waals surface area contributed by atoms with Gasteiger partial charge in [0.2, 0.25) is 0 Å². The topological polar surface area (TPSA) is 49.8 Å². The summed E-state index contributed by atoms with van der Waals surface area (Å²) >= 11 is 3.38. The van der Waals surface area contributed by atoms with Crippen LogP contribution in [0.25, 0.3) is 0 Å². The van der Waals surface area contributed by atoms with Crippen LogP contribution in [0.1, 0.15) is 18.1 Å². The van der Waals surface area contributed by atoms with E-state index < -0.39 is 6.09 Å². The zero-order valence-corrected chi connectivity index (χ0v) is 10.6. The maximum absolute atomic E-state index is 11.1. The second kappa shape index (κ2) is 3.99. The van der Waals surface area contributed by atoms with E-state index in [1.807, 2.05) is 24.3 Å². The van der Waals surface area contributed by atoms with Crippen molar-refractivity contribution in [3.8, 4) is 0 Å². The maximum Gasteiger partial charge on any atom is 0.407 e. The second-order valence-corrected chi connectivity index (χ2v) is 5.38. The first-order valence-corrected chi connectivity index (χ1v) is 6.35. The van der Waals surface area contributed by atoms with Crippen molar-refractivity contribution >= 4 is 22.0 Å². The first-order valence-electron chi connectivity index (χ1n) is 5.55. The van der Waals surface area contributed by atoms with Crippen LogP contribution in [0.2, 0.25) is 0 Å². The van der Waals surface area contributed by atoms with E-state index >= 15 is 0 Å². The maximum atomic E-state index is 11.1. The van der Waals surface area contributed by atoms with E-state index in [0.29, 0.717) is 6.54 Å². The van der Waals surface area contributed by atoms with Crippen LogP contribution in [0.4, 0.5) is 4.79 Å².